The molecule has 3 heteroatoms. The average molecular weight is 289 g/mol. The molecule has 84 valence electrons. The van der Waals surface area contributed by atoms with Crippen LogP contribution >= 0.6 is 27.7 Å². The second kappa shape index (κ2) is 5.37. The van der Waals surface area contributed by atoms with Gasteiger partial charge in [0.05, 0.1) is 6.61 Å². The Morgan fingerprint density at radius 1 is 1.40 bits per heavy atom. The second-order valence-corrected chi connectivity index (χ2v) is 6.28. The van der Waals surface area contributed by atoms with E-state index in [-0.39, 0.29) is 12.0 Å². The number of aliphatic hydroxyl groups excluding tert-OH is 1. The summed E-state index contributed by atoms with van der Waals surface area (Å²) in [6.45, 7) is 6.39. The van der Waals surface area contributed by atoms with E-state index >= 15 is 0 Å². The van der Waals surface area contributed by atoms with Gasteiger partial charge in [0.2, 0.25) is 0 Å². The van der Waals surface area contributed by atoms with Gasteiger partial charge >= 0.3 is 0 Å². The Hall–Kier alpha value is 0.01000. The third kappa shape index (κ3) is 3.23. The van der Waals surface area contributed by atoms with Gasteiger partial charge in [-0.05, 0) is 39.4 Å². The van der Waals surface area contributed by atoms with E-state index in [9.17, 15) is 5.11 Å². The van der Waals surface area contributed by atoms with E-state index in [1.807, 2.05) is 25.6 Å². The van der Waals surface area contributed by atoms with E-state index in [2.05, 4.69) is 41.1 Å². The minimum atomic E-state index is -0.169. The van der Waals surface area contributed by atoms with Crippen molar-refractivity contribution < 1.29 is 5.11 Å². The summed E-state index contributed by atoms with van der Waals surface area (Å²) >= 11 is 5.39. The number of hydrogen-bond acceptors (Lipinski definition) is 2. The Morgan fingerprint density at radius 3 is 2.53 bits per heavy atom. The SMILES string of the molecule is CCSc1ccc(C(C)(C)CO)cc1Br. The lowest BCUT2D eigenvalue weighted by molar-refractivity contribution is 0.218. The zero-order valence-electron chi connectivity index (χ0n) is 9.38. The normalized spacial score (nSPS) is 11.8. The van der Waals surface area contributed by atoms with Crippen LogP contribution in [-0.4, -0.2) is 17.5 Å². The minimum absolute atomic E-state index is 0.166. The highest BCUT2D eigenvalue weighted by atomic mass is 79.9. The van der Waals surface area contributed by atoms with E-state index in [1.165, 1.54) is 4.90 Å². The van der Waals surface area contributed by atoms with Crippen LogP contribution in [0.5, 0.6) is 0 Å². The van der Waals surface area contributed by atoms with E-state index in [0.29, 0.717) is 0 Å². The third-order valence-electron chi connectivity index (χ3n) is 2.41. The summed E-state index contributed by atoms with van der Waals surface area (Å²) in [4.78, 5) is 1.26. The molecule has 0 saturated heterocycles. The fraction of sp³-hybridized carbons (Fsp3) is 0.500. The van der Waals surface area contributed by atoms with Crippen molar-refractivity contribution in [2.75, 3.05) is 12.4 Å². The molecule has 0 heterocycles. The number of rotatable bonds is 4. The first-order chi connectivity index (χ1) is 7.01. The zero-order valence-corrected chi connectivity index (χ0v) is 11.8. The molecule has 0 fully saturated rings. The van der Waals surface area contributed by atoms with Crippen LogP contribution in [-0.2, 0) is 5.41 Å². The van der Waals surface area contributed by atoms with Gasteiger partial charge in [-0.15, -0.1) is 11.8 Å². The highest BCUT2D eigenvalue weighted by molar-refractivity contribution is 9.10. The largest absolute Gasteiger partial charge is 0.395 e. The molecular formula is C12H17BrOS. The van der Waals surface area contributed by atoms with Crippen LogP contribution in [0.25, 0.3) is 0 Å². The predicted molar refractivity (Wildman–Crippen MR) is 70.7 cm³/mol. The molecule has 1 rings (SSSR count). The third-order valence-corrected chi connectivity index (χ3v) is 4.28. The van der Waals surface area contributed by atoms with Crippen molar-refractivity contribution in [2.24, 2.45) is 0 Å². The number of aliphatic hydroxyl groups is 1. The fourth-order valence-electron chi connectivity index (χ4n) is 1.29. The van der Waals surface area contributed by atoms with Gasteiger partial charge in [0, 0.05) is 14.8 Å². The molecule has 1 aromatic rings. The van der Waals surface area contributed by atoms with Crippen LogP contribution < -0.4 is 0 Å². The van der Waals surface area contributed by atoms with Gasteiger partial charge in [-0.1, -0.05) is 26.8 Å². The molecule has 0 unspecified atom stereocenters. The van der Waals surface area contributed by atoms with Crippen LogP contribution in [0.15, 0.2) is 27.6 Å². The first-order valence-corrected chi connectivity index (χ1v) is 6.83. The van der Waals surface area contributed by atoms with Crippen LogP contribution in [0.2, 0.25) is 0 Å². The summed E-state index contributed by atoms with van der Waals surface area (Å²) in [5.74, 6) is 1.07. The lowest BCUT2D eigenvalue weighted by Gasteiger charge is -2.23. The summed E-state index contributed by atoms with van der Waals surface area (Å²) in [6, 6.07) is 6.32. The fourth-order valence-corrected chi connectivity index (χ4v) is 2.68. The Bertz CT molecular complexity index is 336. The zero-order chi connectivity index (χ0) is 11.5. The summed E-state index contributed by atoms with van der Waals surface area (Å²) in [5.41, 5.74) is 0.995. The average Bonchev–Trinajstić information content (AvgIpc) is 2.21. The van der Waals surface area contributed by atoms with Crippen molar-refractivity contribution in [2.45, 2.75) is 31.1 Å². The molecule has 0 aliphatic carbocycles. The molecular weight excluding hydrogens is 272 g/mol. The maximum Gasteiger partial charge on any atom is 0.0522 e. The van der Waals surface area contributed by atoms with Crippen molar-refractivity contribution >= 4 is 27.7 Å². The molecule has 0 radical (unpaired) electrons. The van der Waals surface area contributed by atoms with Gasteiger partial charge in [-0.3, -0.25) is 0 Å². The van der Waals surface area contributed by atoms with Crippen molar-refractivity contribution in [3.05, 3.63) is 28.2 Å². The van der Waals surface area contributed by atoms with E-state index in [0.717, 1.165) is 15.8 Å². The monoisotopic (exact) mass is 288 g/mol. The number of halogens is 1. The van der Waals surface area contributed by atoms with Crippen molar-refractivity contribution in [3.8, 4) is 0 Å². The Balaban J connectivity index is 3.01. The lowest BCUT2D eigenvalue weighted by Crippen LogP contribution is -2.21. The van der Waals surface area contributed by atoms with Gasteiger partial charge < -0.3 is 5.11 Å². The summed E-state index contributed by atoms with van der Waals surface area (Å²) in [6.07, 6.45) is 0. The molecule has 1 N–H and O–H groups in total. The van der Waals surface area contributed by atoms with Gasteiger partial charge in [0.1, 0.15) is 0 Å². The van der Waals surface area contributed by atoms with Gasteiger partial charge in [-0.25, -0.2) is 0 Å². The maximum absolute atomic E-state index is 9.29. The Kier molecular flexibility index (Phi) is 4.68. The minimum Gasteiger partial charge on any atom is -0.395 e. The van der Waals surface area contributed by atoms with Crippen LogP contribution in [0.3, 0.4) is 0 Å². The number of benzene rings is 1. The molecule has 0 saturated carbocycles. The number of thioether (sulfide) groups is 1. The first kappa shape index (κ1) is 13.1. The molecule has 1 aromatic carbocycles. The van der Waals surface area contributed by atoms with Crippen molar-refractivity contribution in [1.29, 1.82) is 0 Å². The van der Waals surface area contributed by atoms with Gasteiger partial charge in [-0.2, -0.15) is 0 Å². The predicted octanol–water partition coefficient (Wildman–Crippen LogP) is 3.83. The van der Waals surface area contributed by atoms with Crippen LogP contribution in [0.1, 0.15) is 26.3 Å². The molecule has 0 bridgehead atoms. The van der Waals surface area contributed by atoms with Crippen molar-refractivity contribution in [1.82, 2.24) is 0 Å². The molecule has 0 amide bonds. The van der Waals surface area contributed by atoms with Crippen LogP contribution in [0.4, 0.5) is 0 Å². The quantitative estimate of drug-likeness (QED) is 0.850. The Labute approximate surface area is 104 Å². The summed E-state index contributed by atoms with van der Waals surface area (Å²) < 4.78 is 1.12. The molecule has 0 spiro atoms. The number of hydrogen-bond donors (Lipinski definition) is 1. The Morgan fingerprint density at radius 2 is 2.07 bits per heavy atom. The molecule has 0 atom stereocenters. The smallest absolute Gasteiger partial charge is 0.0522 e. The second-order valence-electron chi connectivity index (χ2n) is 4.12. The summed E-state index contributed by atoms with van der Waals surface area (Å²) in [5, 5.41) is 9.29. The van der Waals surface area contributed by atoms with E-state index in [1.54, 1.807) is 0 Å². The lowest BCUT2D eigenvalue weighted by atomic mass is 9.86. The molecule has 0 aliphatic heterocycles. The summed E-state index contributed by atoms with van der Waals surface area (Å²) in [7, 11) is 0. The molecule has 1 nitrogen and oxygen atoms in total. The van der Waals surface area contributed by atoms with Crippen molar-refractivity contribution in [3.63, 3.8) is 0 Å². The highest BCUT2D eigenvalue weighted by Crippen LogP contribution is 2.32. The van der Waals surface area contributed by atoms with E-state index < -0.39 is 0 Å². The maximum atomic E-state index is 9.29. The van der Waals surface area contributed by atoms with Gasteiger partial charge in [0.25, 0.3) is 0 Å². The first-order valence-electron chi connectivity index (χ1n) is 5.05. The molecule has 15 heavy (non-hydrogen) atoms. The molecule has 0 aliphatic rings. The topological polar surface area (TPSA) is 20.2 Å². The van der Waals surface area contributed by atoms with E-state index in [4.69, 9.17) is 0 Å². The highest BCUT2D eigenvalue weighted by Gasteiger charge is 2.19. The standard InChI is InChI=1S/C12H17BrOS/c1-4-15-11-6-5-9(7-10(11)13)12(2,3)8-14/h5-7,14H,4,8H2,1-3H3. The van der Waals surface area contributed by atoms with Crippen LogP contribution in [0, 0.1) is 0 Å². The molecule has 0 aromatic heterocycles. The van der Waals surface area contributed by atoms with Gasteiger partial charge in [0.15, 0.2) is 0 Å².